The molecular formula is C26H31N3O3. The van der Waals surface area contributed by atoms with E-state index in [0.717, 1.165) is 49.0 Å². The molecule has 6 heteroatoms. The van der Waals surface area contributed by atoms with E-state index >= 15 is 0 Å². The Bertz CT molecular complexity index is 1060. The number of benzene rings is 2. The van der Waals surface area contributed by atoms with Gasteiger partial charge < -0.3 is 14.7 Å². The maximum absolute atomic E-state index is 13.3. The molecule has 0 radical (unpaired) electrons. The number of aromatic nitrogens is 2. The van der Waals surface area contributed by atoms with E-state index in [1.165, 1.54) is 0 Å². The summed E-state index contributed by atoms with van der Waals surface area (Å²) in [5.41, 5.74) is 3.58. The van der Waals surface area contributed by atoms with Crippen LogP contribution in [-0.2, 0) is 0 Å². The maximum Gasteiger partial charge on any atom is 0.273 e. The van der Waals surface area contributed by atoms with Crippen molar-refractivity contribution in [1.82, 2.24) is 15.1 Å². The number of carbonyl (C=O) groups is 1. The fourth-order valence-corrected chi connectivity index (χ4v) is 4.27. The van der Waals surface area contributed by atoms with Gasteiger partial charge in [-0.15, -0.1) is 0 Å². The Morgan fingerprint density at radius 3 is 2.50 bits per heavy atom. The van der Waals surface area contributed by atoms with Gasteiger partial charge >= 0.3 is 0 Å². The average Bonchev–Trinajstić information content (AvgIpc) is 3.35. The van der Waals surface area contributed by atoms with Crippen molar-refractivity contribution in [2.75, 3.05) is 13.2 Å². The Morgan fingerprint density at radius 2 is 1.78 bits per heavy atom. The van der Waals surface area contributed by atoms with Gasteiger partial charge in [-0.2, -0.15) is 5.10 Å². The molecule has 0 aliphatic carbocycles. The lowest BCUT2D eigenvalue weighted by molar-refractivity contribution is 0.0741. The molecule has 0 fully saturated rings. The van der Waals surface area contributed by atoms with Gasteiger partial charge in [0.05, 0.1) is 12.6 Å². The number of nitrogens with one attached hydrogen (secondary N) is 1. The number of hydrogen-bond donors (Lipinski definition) is 2. The maximum atomic E-state index is 13.3. The van der Waals surface area contributed by atoms with E-state index in [-0.39, 0.29) is 17.7 Å². The summed E-state index contributed by atoms with van der Waals surface area (Å²) in [6.07, 6.45) is 5.29. The molecule has 6 nitrogen and oxygen atoms in total. The molecular weight excluding hydrogens is 402 g/mol. The van der Waals surface area contributed by atoms with Crippen molar-refractivity contribution >= 4 is 5.91 Å². The quantitative estimate of drug-likeness (QED) is 0.402. The molecule has 1 aliphatic rings. The van der Waals surface area contributed by atoms with Gasteiger partial charge in [-0.05, 0) is 42.7 Å². The van der Waals surface area contributed by atoms with Crippen LogP contribution in [0, 0.1) is 0 Å². The van der Waals surface area contributed by atoms with Crippen LogP contribution < -0.4 is 4.74 Å². The van der Waals surface area contributed by atoms with Gasteiger partial charge in [0, 0.05) is 17.7 Å². The average molecular weight is 434 g/mol. The minimum absolute atomic E-state index is 0.0486. The van der Waals surface area contributed by atoms with E-state index in [0.29, 0.717) is 30.1 Å². The Hall–Kier alpha value is -3.28. The third kappa shape index (κ3) is 4.22. The SMILES string of the molecule is CCCCCOc1ccc([C@@H]2c3c(-c4ccccc4O)n[nH]c3C(=O)N2CCCC)cc1. The number of amides is 1. The molecule has 0 saturated heterocycles. The monoisotopic (exact) mass is 433 g/mol. The minimum atomic E-state index is -0.258. The zero-order valence-corrected chi connectivity index (χ0v) is 18.8. The number of carbonyl (C=O) groups excluding carboxylic acids is 1. The van der Waals surface area contributed by atoms with E-state index in [4.69, 9.17) is 4.74 Å². The van der Waals surface area contributed by atoms with Crippen LogP contribution >= 0.6 is 0 Å². The molecule has 0 saturated carbocycles. The lowest BCUT2D eigenvalue weighted by Crippen LogP contribution is -2.30. The molecule has 1 atom stereocenters. The normalized spacial score (nSPS) is 15.2. The summed E-state index contributed by atoms with van der Waals surface area (Å²) in [5, 5.41) is 17.8. The Labute approximate surface area is 189 Å². The summed E-state index contributed by atoms with van der Waals surface area (Å²) in [7, 11) is 0. The number of ether oxygens (including phenoxy) is 1. The molecule has 32 heavy (non-hydrogen) atoms. The summed E-state index contributed by atoms with van der Waals surface area (Å²) in [6.45, 7) is 5.67. The third-order valence-corrected chi connectivity index (χ3v) is 5.99. The summed E-state index contributed by atoms with van der Waals surface area (Å²) < 4.78 is 5.87. The topological polar surface area (TPSA) is 78.5 Å². The Morgan fingerprint density at radius 1 is 1.03 bits per heavy atom. The van der Waals surface area contributed by atoms with Crippen molar-refractivity contribution in [3.8, 4) is 22.8 Å². The minimum Gasteiger partial charge on any atom is -0.507 e. The number of H-pyrrole nitrogens is 1. The number of fused-ring (bicyclic) bond motifs is 1. The van der Waals surface area contributed by atoms with Crippen LogP contribution in [0.2, 0.25) is 0 Å². The summed E-state index contributed by atoms with van der Waals surface area (Å²) in [6, 6.07) is 14.9. The lowest BCUT2D eigenvalue weighted by Gasteiger charge is -2.26. The summed E-state index contributed by atoms with van der Waals surface area (Å²) in [5.74, 6) is 0.936. The van der Waals surface area contributed by atoms with Crippen molar-refractivity contribution in [3.05, 3.63) is 65.4 Å². The van der Waals surface area contributed by atoms with Gasteiger partial charge in [-0.3, -0.25) is 9.89 Å². The first-order valence-electron chi connectivity index (χ1n) is 11.6. The van der Waals surface area contributed by atoms with Crippen molar-refractivity contribution in [2.24, 2.45) is 0 Å². The molecule has 1 aromatic heterocycles. The van der Waals surface area contributed by atoms with Gasteiger partial charge in [0.2, 0.25) is 0 Å². The molecule has 0 unspecified atom stereocenters. The molecule has 168 valence electrons. The zero-order chi connectivity index (χ0) is 22.5. The third-order valence-electron chi connectivity index (χ3n) is 5.99. The smallest absolute Gasteiger partial charge is 0.273 e. The van der Waals surface area contributed by atoms with Crippen LogP contribution in [0.3, 0.4) is 0 Å². The van der Waals surface area contributed by atoms with Crippen LogP contribution in [-0.4, -0.2) is 39.3 Å². The highest BCUT2D eigenvalue weighted by Crippen LogP contribution is 2.44. The standard InChI is InChI=1S/C26H31N3O3/c1-3-5-9-17-32-19-14-12-18(13-15-19)25-22-23(20-10-7-8-11-21(20)30)27-28-24(22)26(31)29(25)16-6-4-2/h7-8,10-15,25,30H,3-6,9,16-17H2,1-2H3,(H,27,28)/t25-/m1/s1. The largest absolute Gasteiger partial charge is 0.507 e. The number of hydrogen-bond acceptors (Lipinski definition) is 4. The molecule has 4 rings (SSSR count). The summed E-state index contributed by atoms with van der Waals surface area (Å²) >= 11 is 0. The van der Waals surface area contributed by atoms with Gasteiger partial charge in [0.25, 0.3) is 5.91 Å². The van der Waals surface area contributed by atoms with Crippen LogP contribution in [0.1, 0.15) is 73.6 Å². The van der Waals surface area contributed by atoms with Crippen molar-refractivity contribution in [2.45, 2.75) is 52.0 Å². The van der Waals surface area contributed by atoms with Crippen LogP contribution in [0.15, 0.2) is 48.5 Å². The lowest BCUT2D eigenvalue weighted by atomic mass is 9.95. The number of aromatic amines is 1. The Balaban J connectivity index is 1.69. The van der Waals surface area contributed by atoms with E-state index < -0.39 is 0 Å². The van der Waals surface area contributed by atoms with E-state index in [2.05, 4.69) is 24.0 Å². The second-order valence-corrected chi connectivity index (χ2v) is 8.26. The first-order chi connectivity index (χ1) is 15.7. The van der Waals surface area contributed by atoms with Crippen LogP contribution in [0.4, 0.5) is 0 Å². The van der Waals surface area contributed by atoms with Crippen LogP contribution in [0.25, 0.3) is 11.3 Å². The van der Waals surface area contributed by atoms with Crippen LogP contribution in [0.5, 0.6) is 11.5 Å². The molecule has 2 N–H and O–H groups in total. The number of unbranched alkanes of at least 4 members (excludes halogenated alkanes) is 3. The Kier molecular flexibility index (Phi) is 6.78. The van der Waals surface area contributed by atoms with Gasteiger partial charge in [-0.25, -0.2) is 0 Å². The second-order valence-electron chi connectivity index (χ2n) is 8.26. The van der Waals surface area contributed by atoms with Gasteiger partial charge in [0.15, 0.2) is 0 Å². The number of nitrogens with zero attached hydrogens (tertiary/aromatic N) is 2. The molecule has 2 heterocycles. The highest BCUT2D eigenvalue weighted by Gasteiger charge is 2.42. The van der Waals surface area contributed by atoms with Crippen molar-refractivity contribution < 1.29 is 14.6 Å². The van der Waals surface area contributed by atoms with Crippen molar-refractivity contribution in [1.29, 1.82) is 0 Å². The molecule has 0 bridgehead atoms. The number of phenolic OH excluding ortho intramolecular Hbond substituents is 1. The number of phenols is 1. The zero-order valence-electron chi connectivity index (χ0n) is 18.8. The molecule has 0 spiro atoms. The van der Waals surface area contributed by atoms with E-state index in [9.17, 15) is 9.90 Å². The number of para-hydroxylation sites is 1. The predicted molar refractivity (Wildman–Crippen MR) is 125 cm³/mol. The molecule has 1 aliphatic heterocycles. The predicted octanol–water partition coefficient (Wildman–Crippen LogP) is 5.70. The fraction of sp³-hybridized carbons (Fsp3) is 0.385. The number of rotatable bonds is 10. The van der Waals surface area contributed by atoms with Gasteiger partial charge in [0.1, 0.15) is 22.9 Å². The number of aromatic hydroxyl groups is 1. The highest BCUT2D eigenvalue weighted by atomic mass is 16.5. The van der Waals surface area contributed by atoms with E-state index in [1.54, 1.807) is 12.1 Å². The molecule has 1 amide bonds. The summed E-state index contributed by atoms with van der Waals surface area (Å²) in [4.78, 5) is 15.2. The molecule has 3 aromatic rings. The molecule has 2 aromatic carbocycles. The fourth-order valence-electron chi connectivity index (χ4n) is 4.27. The first kappa shape index (κ1) is 21.9. The first-order valence-corrected chi connectivity index (χ1v) is 11.6. The van der Waals surface area contributed by atoms with Gasteiger partial charge in [-0.1, -0.05) is 57.4 Å². The second kappa shape index (κ2) is 9.90. The van der Waals surface area contributed by atoms with Crippen molar-refractivity contribution in [3.63, 3.8) is 0 Å². The highest BCUT2D eigenvalue weighted by molar-refractivity contribution is 6.00. The van der Waals surface area contributed by atoms with E-state index in [1.807, 2.05) is 41.3 Å².